The smallest absolute Gasteiger partial charge is 0.242 e. The molecule has 1 fully saturated rings. The number of hydrogen-bond donors (Lipinski definition) is 0. The van der Waals surface area contributed by atoms with Gasteiger partial charge in [-0.25, -0.2) is 0 Å². The first-order chi connectivity index (χ1) is 14.5. The number of carbonyl (C=O) groups is 2. The maximum absolute atomic E-state index is 12.9. The Kier molecular flexibility index (Phi) is 7.90. The van der Waals surface area contributed by atoms with Crippen LogP contribution in [0.5, 0.6) is 0 Å². The fourth-order valence-corrected chi connectivity index (χ4v) is 3.54. The maximum atomic E-state index is 12.9. The van der Waals surface area contributed by atoms with Gasteiger partial charge in [0.05, 0.1) is 24.9 Å². The van der Waals surface area contributed by atoms with Crippen LogP contribution in [0.3, 0.4) is 0 Å². The highest BCUT2D eigenvalue weighted by atomic mass is 16.5. The zero-order chi connectivity index (χ0) is 21.3. The summed E-state index contributed by atoms with van der Waals surface area (Å²) in [6.45, 7) is 6.17. The van der Waals surface area contributed by atoms with Crippen LogP contribution in [0.1, 0.15) is 31.5 Å². The molecule has 0 N–H and O–H groups in total. The van der Waals surface area contributed by atoms with Gasteiger partial charge in [-0.1, -0.05) is 19.9 Å². The number of aromatic nitrogens is 2. The first kappa shape index (κ1) is 21.9. The van der Waals surface area contributed by atoms with Crippen molar-refractivity contribution in [2.75, 3.05) is 26.2 Å². The van der Waals surface area contributed by atoms with Gasteiger partial charge >= 0.3 is 0 Å². The Morgan fingerprint density at radius 2 is 1.97 bits per heavy atom. The molecule has 7 heteroatoms. The van der Waals surface area contributed by atoms with Crippen LogP contribution < -0.4 is 0 Å². The van der Waals surface area contributed by atoms with E-state index in [1.807, 2.05) is 35.2 Å². The molecule has 2 amide bonds. The molecule has 160 valence electrons. The summed E-state index contributed by atoms with van der Waals surface area (Å²) in [6, 6.07) is 9.50. The number of nitrogens with zero attached hydrogens (tertiary/aromatic N) is 4. The lowest BCUT2D eigenvalue weighted by molar-refractivity contribution is -0.139. The van der Waals surface area contributed by atoms with Crippen LogP contribution in [0.25, 0.3) is 0 Å². The Labute approximate surface area is 178 Å². The number of ether oxygens (including phenoxy) is 1. The maximum Gasteiger partial charge on any atom is 0.242 e. The third-order valence-electron chi connectivity index (χ3n) is 5.04. The van der Waals surface area contributed by atoms with Gasteiger partial charge in [-0.05, 0) is 42.2 Å². The van der Waals surface area contributed by atoms with Crippen LogP contribution >= 0.6 is 0 Å². The molecule has 1 aliphatic rings. The summed E-state index contributed by atoms with van der Waals surface area (Å²) >= 11 is 0. The molecule has 2 aromatic rings. The van der Waals surface area contributed by atoms with E-state index in [1.54, 1.807) is 23.5 Å². The molecule has 0 radical (unpaired) electrons. The Bertz CT molecular complexity index is 814. The highest BCUT2D eigenvalue weighted by Gasteiger charge is 2.31. The van der Waals surface area contributed by atoms with Gasteiger partial charge in [-0.2, -0.15) is 0 Å². The lowest BCUT2D eigenvalue weighted by Gasteiger charge is -2.25. The zero-order valence-electron chi connectivity index (χ0n) is 17.7. The van der Waals surface area contributed by atoms with Crippen molar-refractivity contribution < 1.29 is 14.3 Å². The van der Waals surface area contributed by atoms with E-state index in [0.717, 1.165) is 11.3 Å². The molecule has 7 nitrogen and oxygen atoms in total. The second kappa shape index (κ2) is 10.8. The molecule has 3 heterocycles. The van der Waals surface area contributed by atoms with Gasteiger partial charge in [-0.15, -0.1) is 0 Å². The minimum absolute atomic E-state index is 0.0232. The van der Waals surface area contributed by atoms with Gasteiger partial charge in [-0.3, -0.25) is 19.6 Å². The monoisotopic (exact) mass is 410 g/mol. The molecular formula is C23H30N4O3. The van der Waals surface area contributed by atoms with Gasteiger partial charge < -0.3 is 14.5 Å². The molecule has 0 saturated carbocycles. The lowest BCUT2D eigenvalue weighted by atomic mass is 10.1. The topological polar surface area (TPSA) is 75.6 Å². The van der Waals surface area contributed by atoms with Crippen LogP contribution in [0.4, 0.5) is 0 Å². The van der Waals surface area contributed by atoms with Crippen molar-refractivity contribution in [3.8, 4) is 0 Å². The van der Waals surface area contributed by atoms with Crippen molar-refractivity contribution in [1.29, 1.82) is 0 Å². The first-order valence-corrected chi connectivity index (χ1v) is 10.5. The number of pyridine rings is 2. The van der Waals surface area contributed by atoms with Gasteiger partial charge in [0.1, 0.15) is 0 Å². The van der Waals surface area contributed by atoms with Crippen LogP contribution in [-0.4, -0.2) is 63.9 Å². The normalized spacial score (nSPS) is 17.3. The summed E-state index contributed by atoms with van der Waals surface area (Å²) in [4.78, 5) is 37.5. The van der Waals surface area contributed by atoms with Crippen LogP contribution in [0.15, 0.2) is 48.9 Å². The molecule has 0 aliphatic carbocycles. The van der Waals surface area contributed by atoms with Crippen molar-refractivity contribution in [3.05, 3.63) is 60.2 Å². The van der Waals surface area contributed by atoms with E-state index in [4.69, 9.17) is 4.74 Å². The number of carbonyl (C=O) groups excluding carboxylic acids is 2. The Balaban J connectivity index is 1.65. The highest BCUT2D eigenvalue weighted by molar-refractivity contribution is 5.85. The van der Waals surface area contributed by atoms with Crippen molar-refractivity contribution >= 4 is 11.8 Å². The first-order valence-electron chi connectivity index (χ1n) is 10.5. The Hall–Kier alpha value is -2.80. The molecule has 1 atom stereocenters. The van der Waals surface area contributed by atoms with E-state index in [0.29, 0.717) is 45.0 Å². The van der Waals surface area contributed by atoms with E-state index in [1.165, 1.54) is 0 Å². The van der Waals surface area contributed by atoms with E-state index >= 15 is 0 Å². The minimum atomic E-state index is -0.248. The highest BCUT2D eigenvalue weighted by Crippen LogP contribution is 2.14. The molecule has 30 heavy (non-hydrogen) atoms. The minimum Gasteiger partial charge on any atom is -0.368 e. The lowest BCUT2D eigenvalue weighted by Crippen LogP contribution is -2.40. The fraction of sp³-hybridized carbons (Fsp3) is 0.478. The average Bonchev–Trinajstić information content (AvgIpc) is 2.90. The summed E-state index contributed by atoms with van der Waals surface area (Å²) in [5.74, 6) is 0.294. The van der Waals surface area contributed by atoms with E-state index < -0.39 is 0 Å². The molecule has 3 rings (SSSR count). The quantitative estimate of drug-likeness (QED) is 0.668. The summed E-state index contributed by atoms with van der Waals surface area (Å²) in [7, 11) is 0. The standard InChI is InChI=1S/C23H30N4O3/c1-18(2)13-26-14-21(30-17-20-5-3-4-10-25-20)15-27(16-23(26)29)22(28)7-6-19-8-11-24-12-9-19/h3-5,8-12,18,21H,6-7,13-17H2,1-2H3/t21-/m1/s1. The largest absolute Gasteiger partial charge is 0.368 e. The molecule has 0 aromatic carbocycles. The number of hydrogen-bond acceptors (Lipinski definition) is 5. The van der Waals surface area contributed by atoms with E-state index in [2.05, 4.69) is 23.8 Å². The average molecular weight is 411 g/mol. The van der Waals surface area contributed by atoms with Crippen molar-refractivity contribution in [2.24, 2.45) is 5.92 Å². The van der Waals surface area contributed by atoms with Crippen molar-refractivity contribution in [1.82, 2.24) is 19.8 Å². The Morgan fingerprint density at radius 3 is 2.67 bits per heavy atom. The molecule has 1 aliphatic heterocycles. The molecular weight excluding hydrogens is 380 g/mol. The van der Waals surface area contributed by atoms with Crippen molar-refractivity contribution in [2.45, 2.75) is 39.4 Å². The zero-order valence-corrected chi connectivity index (χ0v) is 17.7. The van der Waals surface area contributed by atoms with E-state index in [-0.39, 0.29) is 24.5 Å². The predicted molar refractivity (Wildman–Crippen MR) is 113 cm³/mol. The molecule has 1 saturated heterocycles. The molecule has 0 spiro atoms. The van der Waals surface area contributed by atoms with E-state index in [9.17, 15) is 9.59 Å². The van der Waals surface area contributed by atoms with Gasteiger partial charge in [0.15, 0.2) is 0 Å². The summed E-state index contributed by atoms with van der Waals surface area (Å²) in [5, 5.41) is 0. The Morgan fingerprint density at radius 1 is 1.17 bits per heavy atom. The molecule has 2 aromatic heterocycles. The third-order valence-corrected chi connectivity index (χ3v) is 5.04. The number of amides is 2. The van der Waals surface area contributed by atoms with Gasteiger partial charge in [0, 0.05) is 44.6 Å². The SMILES string of the molecule is CC(C)CN1C[C@@H](OCc2ccccn2)CN(C(=O)CCc2ccncc2)CC1=O. The number of rotatable bonds is 8. The number of aryl methyl sites for hydroxylation is 1. The van der Waals surface area contributed by atoms with Crippen LogP contribution in [0.2, 0.25) is 0 Å². The third kappa shape index (κ3) is 6.62. The van der Waals surface area contributed by atoms with Crippen LogP contribution in [0, 0.1) is 5.92 Å². The predicted octanol–water partition coefficient (Wildman–Crippen LogP) is 2.32. The summed E-state index contributed by atoms with van der Waals surface area (Å²) < 4.78 is 6.09. The molecule has 0 bridgehead atoms. The van der Waals surface area contributed by atoms with Gasteiger partial charge in [0.2, 0.25) is 11.8 Å². The van der Waals surface area contributed by atoms with Crippen molar-refractivity contribution in [3.63, 3.8) is 0 Å². The van der Waals surface area contributed by atoms with Crippen LogP contribution in [-0.2, 0) is 27.4 Å². The summed E-state index contributed by atoms with van der Waals surface area (Å²) in [6.07, 6.45) is 5.91. The fourth-order valence-electron chi connectivity index (χ4n) is 3.54. The summed E-state index contributed by atoms with van der Waals surface area (Å²) in [5.41, 5.74) is 1.89. The molecule has 0 unspecified atom stereocenters. The van der Waals surface area contributed by atoms with Gasteiger partial charge in [0.25, 0.3) is 0 Å². The second-order valence-corrected chi connectivity index (χ2v) is 8.08. The second-order valence-electron chi connectivity index (χ2n) is 8.08.